The second kappa shape index (κ2) is 8.56. The van der Waals surface area contributed by atoms with Crippen molar-refractivity contribution in [3.8, 4) is 5.75 Å². The van der Waals surface area contributed by atoms with Gasteiger partial charge in [0.15, 0.2) is 6.61 Å². The van der Waals surface area contributed by atoms with Gasteiger partial charge in [-0.3, -0.25) is 9.59 Å². The number of rotatable bonds is 7. The molecule has 0 radical (unpaired) electrons. The van der Waals surface area contributed by atoms with Gasteiger partial charge in [0.05, 0.1) is 12.1 Å². The maximum atomic E-state index is 12.8. The molecule has 2 amide bonds. The molecule has 5 nitrogen and oxygen atoms in total. The average molecular weight is 346 g/mol. The maximum absolute atomic E-state index is 12.8. The Bertz CT molecular complexity index is 572. The highest BCUT2D eigenvalue weighted by Crippen LogP contribution is 2.35. The van der Waals surface area contributed by atoms with Crippen LogP contribution in [0.25, 0.3) is 0 Å². The van der Waals surface area contributed by atoms with Crippen LogP contribution < -0.4 is 4.74 Å². The minimum Gasteiger partial charge on any atom is -0.483 e. The second-order valence-corrected chi connectivity index (χ2v) is 5.10. The Morgan fingerprint density at radius 3 is 2.21 bits per heavy atom. The van der Waals surface area contributed by atoms with Gasteiger partial charge in [-0.25, -0.2) is 0 Å². The van der Waals surface area contributed by atoms with Crippen LogP contribution >= 0.6 is 0 Å². The zero-order valence-corrected chi connectivity index (χ0v) is 13.9. The standard InChI is InChI=1S/C16H21F3N2O3/c1-4-21(5-2)14(22)10-20(3)15(23)11-24-13-9-7-6-8-12(13)16(17,18)19/h6-9H,4-5,10-11H2,1-3H3. The smallest absolute Gasteiger partial charge is 0.419 e. The lowest BCUT2D eigenvalue weighted by Gasteiger charge is -2.23. The number of para-hydroxylation sites is 1. The molecule has 0 saturated carbocycles. The molecule has 0 heterocycles. The molecule has 0 atom stereocenters. The minimum atomic E-state index is -4.57. The van der Waals surface area contributed by atoms with E-state index in [0.717, 1.165) is 17.0 Å². The zero-order chi connectivity index (χ0) is 18.3. The van der Waals surface area contributed by atoms with Crippen molar-refractivity contribution < 1.29 is 27.5 Å². The van der Waals surface area contributed by atoms with Crippen molar-refractivity contribution in [2.75, 3.05) is 33.3 Å². The molecule has 0 aliphatic rings. The number of carbonyl (C=O) groups excluding carboxylic acids is 2. The molecule has 24 heavy (non-hydrogen) atoms. The monoisotopic (exact) mass is 346 g/mol. The van der Waals surface area contributed by atoms with Crippen LogP contribution in [0.1, 0.15) is 19.4 Å². The van der Waals surface area contributed by atoms with Crippen LogP contribution in [0.5, 0.6) is 5.75 Å². The molecule has 1 aromatic rings. The first-order chi connectivity index (χ1) is 11.2. The van der Waals surface area contributed by atoms with Gasteiger partial charge < -0.3 is 14.5 Å². The Kier molecular flexibility index (Phi) is 7.06. The van der Waals surface area contributed by atoms with Crippen LogP contribution in [-0.2, 0) is 15.8 Å². The van der Waals surface area contributed by atoms with Crippen LogP contribution in [0.15, 0.2) is 24.3 Å². The van der Waals surface area contributed by atoms with Gasteiger partial charge in [0.1, 0.15) is 5.75 Å². The molecule has 0 aliphatic carbocycles. The fraction of sp³-hybridized carbons (Fsp3) is 0.500. The van der Waals surface area contributed by atoms with Crippen molar-refractivity contribution in [2.45, 2.75) is 20.0 Å². The summed E-state index contributed by atoms with van der Waals surface area (Å²) in [4.78, 5) is 26.6. The maximum Gasteiger partial charge on any atom is 0.419 e. The van der Waals surface area contributed by atoms with E-state index in [1.54, 1.807) is 4.90 Å². The van der Waals surface area contributed by atoms with Crippen LogP contribution in [0, 0.1) is 0 Å². The van der Waals surface area contributed by atoms with E-state index >= 15 is 0 Å². The largest absolute Gasteiger partial charge is 0.483 e. The number of hydrogen-bond acceptors (Lipinski definition) is 3. The number of benzene rings is 1. The summed E-state index contributed by atoms with van der Waals surface area (Å²) in [6.45, 7) is 3.96. The lowest BCUT2D eigenvalue weighted by atomic mass is 10.2. The predicted octanol–water partition coefficient (Wildman–Crippen LogP) is 2.41. The molecule has 1 rings (SSSR count). The van der Waals surface area contributed by atoms with Crippen molar-refractivity contribution >= 4 is 11.8 Å². The molecule has 0 aliphatic heterocycles. The summed E-state index contributed by atoms with van der Waals surface area (Å²) in [7, 11) is 1.41. The Morgan fingerprint density at radius 2 is 1.67 bits per heavy atom. The molecule has 0 fully saturated rings. The third-order valence-corrected chi connectivity index (χ3v) is 3.46. The Labute approximate surface area is 139 Å². The Hall–Kier alpha value is -2.25. The van der Waals surface area contributed by atoms with E-state index in [2.05, 4.69) is 0 Å². The highest BCUT2D eigenvalue weighted by molar-refractivity contribution is 5.85. The molecule has 0 saturated heterocycles. The van der Waals surface area contributed by atoms with E-state index in [1.165, 1.54) is 19.2 Å². The SMILES string of the molecule is CCN(CC)C(=O)CN(C)C(=O)COc1ccccc1C(F)(F)F. The third-order valence-electron chi connectivity index (χ3n) is 3.46. The first kappa shape index (κ1) is 19.8. The van der Waals surface area contributed by atoms with Crippen LogP contribution in [-0.4, -0.2) is 54.9 Å². The van der Waals surface area contributed by atoms with Crippen LogP contribution in [0.3, 0.4) is 0 Å². The topological polar surface area (TPSA) is 49.9 Å². The summed E-state index contributed by atoms with van der Waals surface area (Å²) in [6, 6.07) is 4.67. The lowest BCUT2D eigenvalue weighted by molar-refractivity contribution is -0.142. The molecule has 0 bridgehead atoms. The summed E-state index contributed by atoms with van der Waals surface area (Å²) < 4.78 is 43.5. The number of hydrogen-bond donors (Lipinski definition) is 0. The van der Waals surface area contributed by atoms with E-state index < -0.39 is 30.0 Å². The number of carbonyl (C=O) groups is 2. The number of halogens is 3. The zero-order valence-electron chi connectivity index (χ0n) is 13.9. The summed E-state index contributed by atoms with van der Waals surface area (Å²) in [5, 5.41) is 0. The molecule has 134 valence electrons. The highest BCUT2D eigenvalue weighted by atomic mass is 19.4. The molecular weight excluding hydrogens is 325 g/mol. The van der Waals surface area contributed by atoms with Gasteiger partial charge in [-0.2, -0.15) is 13.2 Å². The predicted molar refractivity (Wildman–Crippen MR) is 82.5 cm³/mol. The summed E-state index contributed by atoms with van der Waals surface area (Å²) in [5.74, 6) is -1.22. The fourth-order valence-corrected chi connectivity index (χ4v) is 2.04. The van der Waals surface area contributed by atoms with Gasteiger partial charge in [0.2, 0.25) is 5.91 Å². The highest BCUT2D eigenvalue weighted by Gasteiger charge is 2.34. The second-order valence-electron chi connectivity index (χ2n) is 5.10. The van der Waals surface area contributed by atoms with Crippen molar-refractivity contribution in [1.29, 1.82) is 0 Å². The quantitative estimate of drug-likeness (QED) is 0.762. The molecule has 0 N–H and O–H groups in total. The summed E-state index contributed by atoms with van der Waals surface area (Å²) in [6.07, 6.45) is -4.57. The average Bonchev–Trinajstić information content (AvgIpc) is 2.53. The number of likely N-dealkylation sites (N-methyl/N-ethyl adjacent to an activating group) is 2. The van der Waals surface area contributed by atoms with Gasteiger partial charge in [-0.05, 0) is 26.0 Å². The van der Waals surface area contributed by atoms with E-state index in [4.69, 9.17) is 4.74 Å². The van der Waals surface area contributed by atoms with Crippen molar-refractivity contribution in [3.63, 3.8) is 0 Å². The first-order valence-corrected chi connectivity index (χ1v) is 7.51. The Morgan fingerprint density at radius 1 is 1.08 bits per heavy atom. The summed E-state index contributed by atoms with van der Waals surface area (Å²) >= 11 is 0. The van der Waals surface area contributed by atoms with Crippen molar-refractivity contribution in [3.05, 3.63) is 29.8 Å². The molecule has 0 spiro atoms. The van der Waals surface area contributed by atoms with Crippen LogP contribution in [0.4, 0.5) is 13.2 Å². The number of ether oxygens (including phenoxy) is 1. The van der Waals surface area contributed by atoms with E-state index in [-0.39, 0.29) is 12.5 Å². The molecule has 8 heteroatoms. The minimum absolute atomic E-state index is 0.148. The van der Waals surface area contributed by atoms with Gasteiger partial charge >= 0.3 is 6.18 Å². The van der Waals surface area contributed by atoms with Gasteiger partial charge in [-0.15, -0.1) is 0 Å². The number of nitrogens with zero attached hydrogens (tertiary/aromatic N) is 2. The molecular formula is C16H21F3N2O3. The lowest BCUT2D eigenvalue weighted by Crippen LogP contribution is -2.42. The molecule has 0 unspecified atom stereocenters. The van der Waals surface area contributed by atoms with E-state index in [9.17, 15) is 22.8 Å². The van der Waals surface area contributed by atoms with Gasteiger partial charge in [-0.1, -0.05) is 12.1 Å². The molecule has 0 aromatic heterocycles. The molecule has 1 aromatic carbocycles. The van der Waals surface area contributed by atoms with Crippen molar-refractivity contribution in [1.82, 2.24) is 9.80 Å². The first-order valence-electron chi connectivity index (χ1n) is 7.51. The van der Waals surface area contributed by atoms with Gasteiger partial charge in [0.25, 0.3) is 5.91 Å². The number of amides is 2. The van der Waals surface area contributed by atoms with Gasteiger partial charge in [0, 0.05) is 20.1 Å². The Balaban J connectivity index is 2.65. The van der Waals surface area contributed by atoms with E-state index in [0.29, 0.717) is 13.1 Å². The summed E-state index contributed by atoms with van der Waals surface area (Å²) in [5.41, 5.74) is -0.945. The van der Waals surface area contributed by atoms with Crippen molar-refractivity contribution in [2.24, 2.45) is 0 Å². The normalized spacial score (nSPS) is 11.1. The van der Waals surface area contributed by atoms with Crippen LogP contribution in [0.2, 0.25) is 0 Å². The third kappa shape index (κ3) is 5.43. The fourth-order valence-electron chi connectivity index (χ4n) is 2.04. The number of alkyl halides is 3. The van der Waals surface area contributed by atoms with E-state index in [1.807, 2.05) is 13.8 Å².